The highest BCUT2D eigenvalue weighted by atomic mass is 16.6. The van der Waals surface area contributed by atoms with Crippen LogP contribution in [0.2, 0.25) is 0 Å². The molecule has 1 aliphatic heterocycles. The molecule has 2 amide bonds. The number of amides is 2. The molecule has 9 nitrogen and oxygen atoms in total. The van der Waals surface area contributed by atoms with Crippen LogP contribution in [-0.2, 0) is 11.3 Å². The second-order valence-corrected chi connectivity index (χ2v) is 10.9. The molecule has 0 aliphatic carbocycles. The molecular weight excluding hydrogens is 530 g/mol. The molecular formula is C33H43N5O4. The summed E-state index contributed by atoms with van der Waals surface area (Å²) in [5, 5.41) is 3.06. The van der Waals surface area contributed by atoms with Crippen LogP contribution >= 0.6 is 0 Å². The number of unbranched alkanes of at least 4 members (excludes halogenated alkanes) is 1. The zero-order chi connectivity index (χ0) is 29.9. The predicted molar refractivity (Wildman–Crippen MR) is 166 cm³/mol. The van der Waals surface area contributed by atoms with Crippen molar-refractivity contribution in [2.75, 3.05) is 57.1 Å². The van der Waals surface area contributed by atoms with Gasteiger partial charge >= 0.3 is 6.09 Å². The highest BCUT2D eigenvalue weighted by Crippen LogP contribution is 2.25. The summed E-state index contributed by atoms with van der Waals surface area (Å²) in [5.41, 5.74) is 4.27. The lowest BCUT2D eigenvalue weighted by Gasteiger charge is -2.38. The molecule has 0 spiro atoms. The maximum absolute atomic E-state index is 13.5. The number of pyridine rings is 1. The number of aryl methyl sites for hydroxylation is 1. The maximum atomic E-state index is 13.5. The van der Waals surface area contributed by atoms with Gasteiger partial charge in [-0.15, -0.1) is 0 Å². The van der Waals surface area contributed by atoms with Crippen molar-refractivity contribution in [3.8, 4) is 5.75 Å². The molecule has 1 atom stereocenters. The molecule has 4 rings (SSSR count). The van der Waals surface area contributed by atoms with E-state index in [0.717, 1.165) is 56.0 Å². The number of hydrogen-bond acceptors (Lipinski definition) is 7. The summed E-state index contributed by atoms with van der Waals surface area (Å²) in [4.78, 5) is 36.1. The maximum Gasteiger partial charge on any atom is 0.415 e. The molecule has 1 aromatic heterocycles. The zero-order valence-corrected chi connectivity index (χ0v) is 25.2. The van der Waals surface area contributed by atoms with E-state index in [0.29, 0.717) is 23.5 Å². The van der Waals surface area contributed by atoms with Gasteiger partial charge in [-0.2, -0.15) is 0 Å². The molecule has 1 saturated heterocycles. The van der Waals surface area contributed by atoms with Crippen LogP contribution in [0.15, 0.2) is 67.0 Å². The van der Waals surface area contributed by atoms with Gasteiger partial charge in [0.15, 0.2) is 5.75 Å². The van der Waals surface area contributed by atoms with E-state index in [9.17, 15) is 9.59 Å². The molecule has 1 N–H and O–H groups in total. The number of hydrogen-bond donors (Lipinski definition) is 1. The van der Waals surface area contributed by atoms with Gasteiger partial charge in [-0.3, -0.25) is 14.7 Å². The molecule has 1 fully saturated rings. The number of carbonyl (C=O) groups is 2. The van der Waals surface area contributed by atoms with E-state index in [1.807, 2.05) is 37.3 Å². The van der Waals surface area contributed by atoms with E-state index in [1.165, 1.54) is 23.9 Å². The molecule has 2 aromatic carbocycles. The van der Waals surface area contributed by atoms with Crippen molar-refractivity contribution < 1.29 is 19.1 Å². The number of ether oxygens (including phenoxy) is 2. The minimum Gasteiger partial charge on any atom is -0.409 e. The summed E-state index contributed by atoms with van der Waals surface area (Å²) < 4.78 is 11.1. The second-order valence-electron chi connectivity index (χ2n) is 10.9. The number of carbonyl (C=O) groups excluding carboxylic acids is 2. The highest BCUT2D eigenvalue weighted by Gasteiger charge is 2.23. The number of nitrogens with zero attached hydrogens (tertiary/aromatic N) is 4. The van der Waals surface area contributed by atoms with Gasteiger partial charge in [0.05, 0.1) is 17.9 Å². The van der Waals surface area contributed by atoms with Gasteiger partial charge in [0.1, 0.15) is 0 Å². The third kappa shape index (κ3) is 8.77. The summed E-state index contributed by atoms with van der Waals surface area (Å²) in [6.07, 6.45) is 6.36. The van der Waals surface area contributed by atoms with Crippen molar-refractivity contribution in [2.24, 2.45) is 0 Å². The quantitative estimate of drug-likeness (QED) is 0.302. The third-order valence-corrected chi connectivity index (χ3v) is 7.57. The normalized spacial score (nSPS) is 14.3. The van der Waals surface area contributed by atoms with Gasteiger partial charge in [-0.1, -0.05) is 43.5 Å². The average Bonchev–Trinajstić information content (AvgIpc) is 3.01. The van der Waals surface area contributed by atoms with E-state index in [-0.39, 0.29) is 12.0 Å². The predicted octanol–water partition coefficient (Wildman–Crippen LogP) is 5.60. The van der Waals surface area contributed by atoms with Crippen LogP contribution in [0.5, 0.6) is 5.75 Å². The van der Waals surface area contributed by atoms with Crippen molar-refractivity contribution in [2.45, 2.75) is 45.8 Å². The van der Waals surface area contributed by atoms with Crippen LogP contribution in [0.4, 0.5) is 16.2 Å². The molecule has 1 unspecified atom stereocenters. The van der Waals surface area contributed by atoms with Crippen LogP contribution < -0.4 is 15.0 Å². The van der Waals surface area contributed by atoms with Gasteiger partial charge in [0, 0.05) is 71.0 Å². The number of benzene rings is 2. The number of aromatic nitrogens is 1. The fourth-order valence-electron chi connectivity index (χ4n) is 5.10. The first-order valence-electron chi connectivity index (χ1n) is 14.7. The first kappa shape index (κ1) is 31.0. The monoisotopic (exact) mass is 573 g/mol. The van der Waals surface area contributed by atoms with Gasteiger partial charge in [0.25, 0.3) is 5.91 Å². The van der Waals surface area contributed by atoms with Gasteiger partial charge in [-0.05, 0) is 55.3 Å². The Morgan fingerprint density at radius 2 is 1.83 bits per heavy atom. The van der Waals surface area contributed by atoms with Crippen molar-refractivity contribution >= 4 is 23.4 Å². The Morgan fingerprint density at radius 1 is 1.07 bits per heavy atom. The molecule has 2 heterocycles. The Bertz CT molecular complexity index is 1290. The van der Waals surface area contributed by atoms with E-state index in [2.05, 4.69) is 39.2 Å². The number of rotatable bonds is 12. The van der Waals surface area contributed by atoms with E-state index < -0.39 is 6.09 Å². The molecule has 0 radical (unpaired) electrons. The Hall–Kier alpha value is -3.95. The molecule has 1 aliphatic rings. The lowest BCUT2D eigenvalue weighted by Crippen LogP contribution is -2.49. The van der Waals surface area contributed by atoms with Crippen molar-refractivity contribution in [3.05, 3.63) is 83.7 Å². The average molecular weight is 574 g/mol. The van der Waals surface area contributed by atoms with Crippen LogP contribution in [0.3, 0.4) is 0 Å². The number of piperazine rings is 1. The topological polar surface area (TPSA) is 87.2 Å². The molecule has 3 aromatic rings. The molecule has 42 heavy (non-hydrogen) atoms. The Labute approximate surface area is 249 Å². The first-order valence-corrected chi connectivity index (χ1v) is 14.7. The number of methoxy groups -OCH3 is 1. The van der Waals surface area contributed by atoms with Crippen molar-refractivity contribution in [3.63, 3.8) is 0 Å². The lowest BCUT2D eigenvalue weighted by atomic mass is 10.1. The van der Waals surface area contributed by atoms with E-state index in [1.54, 1.807) is 32.5 Å². The SMILES string of the molecule is CCCCC(CN1CCN(c2ccc(C)cc2C(=O)Nc2ccc(CN(C)C(=O)Oc3cccnc3)cc2)CC1)OC. The molecule has 0 saturated carbocycles. The van der Waals surface area contributed by atoms with Gasteiger partial charge < -0.3 is 24.6 Å². The van der Waals surface area contributed by atoms with E-state index in [4.69, 9.17) is 9.47 Å². The standard InChI is InChI=1S/C33H43N5O4/c1-5-6-8-29(41-4)24-37-17-19-38(20-18-37)31-15-10-25(2)21-30(31)32(39)35-27-13-11-26(12-14-27)23-36(3)33(40)42-28-9-7-16-34-22-28/h7,9-16,21-22,29H,5-6,8,17-20,23-24H2,1-4H3,(H,35,39). The van der Waals surface area contributed by atoms with Gasteiger partial charge in [-0.25, -0.2) is 4.79 Å². The third-order valence-electron chi connectivity index (χ3n) is 7.57. The lowest BCUT2D eigenvalue weighted by molar-refractivity contribution is 0.0546. The summed E-state index contributed by atoms with van der Waals surface area (Å²) in [6, 6.07) is 17.0. The van der Waals surface area contributed by atoms with Crippen molar-refractivity contribution in [1.82, 2.24) is 14.8 Å². The zero-order valence-electron chi connectivity index (χ0n) is 25.2. The fourth-order valence-corrected chi connectivity index (χ4v) is 5.10. The summed E-state index contributed by atoms with van der Waals surface area (Å²) in [5.74, 6) is 0.256. The van der Waals surface area contributed by atoms with Crippen LogP contribution in [-0.4, -0.2) is 79.8 Å². The Balaban J connectivity index is 1.33. The van der Waals surface area contributed by atoms with E-state index >= 15 is 0 Å². The Morgan fingerprint density at radius 3 is 2.50 bits per heavy atom. The highest BCUT2D eigenvalue weighted by molar-refractivity contribution is 6.08. The summed E-state index contributed by atoms with van der Waals surface area (Å²) >= 11 is 0. The number of nitrogens with one attached hydrogen (secondary N) is 1. The van der Waals surface area contributed by atoms with Gasteiger partial charge in [0.2, 0.25) is 0 Å². The fraction of sp³-hybridized carbons (Fsp3) is 0.424. The molecule has 224 valence electrons. The van der Waals surface area contributed by atoms with Crippen LogP contribution in [0.1, 0.15) is 47.7 Å². The van der Waals surface area contributed by atoms with Crippen LogP contribution in [0, 0.1) is 6.92 Å². The van der Waals surface area contributed by atoms with Crippen LogP contribution in [0.25, 0.3) is 0 Å². The van der Waals surface area contributed by atoms with Crippen molar-refractivity contribution in [1.29, 1.82) is 0 Å². The molecule has 0 bridgehead atoms. The first-order chi connectivity index (χ1) is 20.4. The Kier molecular flexibility index (Phi) is 11.3. The molecule has 9 heteroatoms. The minimum absolute atomic E-state index is 0.139. The second kappa shape index (κ2) is 15.3. The summed E-state index contributed by atoms with van der Waals surface area (Å²) in [7, 11) is 3.48. The summed E-state index contributed by atoms with van der Waals surface area (Å²) in [6.45, 7) is 9.12. The minimum atomic E-state index is -0.469. The smallest absolute Gasteiger partial charge is 0.409 e. The largest absolute Gasteiger partial charge is 0.415 e. The number of anilines is 2.